The van der Waals surface area contributed by atoms with Gasteiger partial charge in [-0.25, -0.2) is 0 Å². The lowest BCUT2D eigenvalue weighted by atomic mass is 9.70. The maximum absolute atomic E-state index is 2.59. The van der Waals surface area contributed by atoms with Crippen molar-refractivity contribution < 1.29 is 0 Å². The Balaban J connectivity index is 1.01. The van der Waals surface area contributed by atoms with E-state index in [2.05, 4.69) is 204 Å². The van der Waals surface area contributed by atoms with Gasteiger partial charge in [-0.15, -0.1) is 0 Å². The van der Waals surface area contributed by atoms with Crippen LogP contribution < -0.4 is 0 Å². The van der Waals surface area contributed by atoms with Crippen molar-refractivity contribution in [3.8, 4) is 44.5 Å². The van der Waals surface area contributed by atoms with Crippen molar-refractivity contribution in [3.63, 3.8) is 0 Å². The monoisotopic (exact) mass is 742 g/mol. The molecule has 0 heteroatoms. The van der Waals surface area contributed by atoms with Crippen LogP contribution in [-0.4, -0.2) is 0 Å². The Morgan fingerprint density at radius 2 is 0.690 bits per heavy atom. The van der Waals surface area contributed by atoms with Crippen molar-refractivity contribution >= 4 is 0 Å². The smallest absolute Gasteiger partial charge is 0.0619 e. The molecular weight excluding hydrogens is 697 g/mol. The van der Waals surface area contributed by atoms with Crippen LogP contribution in [0.1, 0.15) is 94.8 Å². The number of hydrogen-bond donors (Lipinski definition) is 0. The Kier molecular flexibility index (Phi) is 6.95. The van der Waals surface area contributed by atoms with E-state index in [0.29, 0.717) is 0 Å². The lowest BCUT2D eigenvalue weighted by Crippen LogP contribution is -2.26. The van der Waals surface area contributed by atoms with Crippen molar-refractivity contribution in [1.82, 2.24) is 0 Å². The van der Waals surface area contributed by atoms with Crippen LogP contribution in [0, 0.1) is 0 Å². The van der Waals surface area contributed by atoms with Crippen LogP contribution in [0.3, 0.4) is 0 Å². The average Bonchev–Trinajstić information content (AvgIpc) is 3.88. The Morgan fingerprint density at radius 3 is 1.26 bits per heavy atom. The summed E-state index contributed by atoms with van der Waals surface area (Å²) in [6.45, 7) is 9.57. The third-order valence-corrected chi connectivity index (χ3v) is 14.8. The van der Waals surface area contributed by atoms with E-state index in [1.54, 1.807) is 0 Å². The molecule has 0 bridgehead atoms. The standard InChI is InChI=1S/C58H46/c1-56(2)49-21-11-6-19-44(49)47-33-36(26-30-50(47)56)31-39(38-27-29-45-40-15-5-10-20-48(40)57(3,4)54(45)35-38)32-37-25-28-46-43-18-9-14-24-53(43)58(55(46)34-37)51-22-12-7-16-41(51)42-17-8-13-23-52(42)58/h5-30,33-35,39H,31-32H2,1-4H3. The Labute approximate surface area is 342 Å². The van der Waals surface area contributed by atoms with Gasteiger partial charge in [0, 0.05) is 10.8 Å². The van der Waals surface area contributed by atoms with Gasteiger partial charge in [0.25, 0.3) is 0 Å². The van der Waals surface area contributed by atoms with Crippen LogP contribution in [0.25, 0.3) is 44.5 Å². The molecule has 8 aromatic rings. The maximum Gasteiger partial charge on any atom is 0.0725 e. The second-order valence-electron chi connectivity index (χ2n) is 18.4. The van der Waals surface area contributed by atoms with Gasteiger partial charge in [0.1, 0.15) is 0 Å². The summed E-state index contributed by atoms with van der Waals surface area (Å²) >= 11 is 0. The fourth-order valence-electron chi connectivity index (χ4n) is 12.0. The first-order chi connectivity index (χ1) is 28.3. The fourth-order valence-corrected chi connectivity index (χ4v) is 12.0. The van der Waals surface area contributed by atoms with Crippen molar-refractivity contribution in [2.45, 2.75) is 62.7 Å². The van der Waals surface area contributed by atoms with E-state index < -0.39 is 0 Å². The van der Waals surface area contributed by atoms with Gasteiger partial charge in [-0.05, 0) is 124 Å². The van der Waals surface area contributed by atoms with Gasteiger partial charge in [0.05, 0.1) is 5.41 Å². The average molecular weight is 743 g/mol. The van der Waals surface area contributed by atoms with Crippen LogP contribution in [0.2, 0.25) is 0 Å². The van der Waals surface area contributed by atoms with E-state index in [0.717, 1.165) is 12.8 Å². The second kappa shape index (κ2) is 11.9. The molecule has 278 valence electrons. The first kappa shape index (κ1) is 33.9. The van der Waals surface area contributed by atoms with Crippen molar-refractivity contribution in [1.29, 1.82) is 0 Å². The molecule has 0 radical (unpaired) electrons. The summed E-state index contributed by atoms with van der Waals surface area (Å²) in [4.78, 5) is 0. The van der Waals surface area contributed by atoms with Gasteiger partial charge in [-0.2, -0.15) is 0 Å². The minimum absolute atomic E-state index is 0.000141. The molecule has 8 aromatic carbocycles. The molecule has 0 nitrogen and oxygen atoms in total. The van der Waals surface area contributed by atoms with E-state index in [-0.39, 0.29) is 22.2 Å². The Bertz CT molecular complexity index is 2960. The van der Waals surface area contributed by atoms with Crippen molar-refractivity contribution in [2.75, 3.05) is 0 Å². The normalized spacial score (nSPS) is 16.4. The highest BCUT2D eigenvalue weighted by Crippen LogP contribution is 2.63. The summed E-state index contributed by atoms with van der Waals surface area (Å²) in [5.41, 5.74) is 26.2. The maximum atomic E-state index is 2.59. The molecule has 1 spiro atoms. The first-order valence-electron chi connectivity index (χ1n) is 21.2. The van der Waals surface area contributed by atoms with Crippen LogP contribution in [-0.2, 0) is 29.1 Å². The van der Waals surface area contributed by atoms with Crippen LogP contribution >= 0.6 is 0 Å². The predicted octanol–water partition coefficient (Wildman–Crippen LogP) is 14.2. The summed E-state index contributed by atoms with van der Waals surface area (Å²) in [7, 11) is 0. The van der Waals surface area contributed by atoms with Gasteiger partial charge in [0.2, 0.25) is 0 Å². The zero-order valence-electron chi connectivity index (χ0n) is 33.7. The highest BCUT2D eigenvalue weighted by Gasteiger charge is 2.51. The number of rotatable bonds is 5. The van der Waals surface area contributed by atoms with Gasteiger partial charge in [0.15, 0.2) is 0 Å². The third kappa shape index (κ3) is 4.41. The summed E-state index contributed by atoms with van der Waals surface area (Å²) in [5.74, 6) is 0.286. The Hall–Kier alpha value is -6.24. The fraction of sp³-hybridized carbons (Fsp3) is 0.172. The molecule has 0 saturated carbocycles. The van der Waals surface area contributed by atoms with Gasteiger partial charge in [-0.1, -0.05) is 204 Å². The minimum Gasteiger partial charge on any atom is -0.0619 e. The highest BCUT2D eigenvalue weighted by molar-refractivity contribution is 5.95. The lowest BCUT2D eigenvalue weighted by Gasteiger charge is -2.31. The van der Waals surface area contributed by atoms with Gasteiger partial charge in [-0.3, -0.25) is 0 Å². The molecule has 12 rings (SSSR count). The zero-order valence-corrected chi connectivity index (χ0v) is 33.7. The molecule has 58 heavy (non-hydrogen) atoms. The van der Waals surface area contributed by atoms with E-state index in [1.807, 2.05) is 0 Å². The summed E-state index contributed by atoms with van der Waals surface area (Å²) in [6, 6.07) is 67.8. The molecule has 0 heterocycles. The van der Waals surface area contributed by atoms with Crippen molar-refractivity contribution in [3.05, 3.63) is 237 Å². The zero-order chi connectivity index (χ0) is 39.0. The predicted molar refractivity (Wildman–Crippen MR) is 241 cm³/mol. The van der Waals surface area contributed by atoms with Gasteiger partial charge >= 0.3 is 0 Å². The molecule has 0 fully saturated rings. The number of fused-ring (bicyclic) bond motifs is 16. The molecule has 0 amide bonds. The quantitative estimate of drug-likeness (QED) is 0.165. The molecule has 1 unspecified atom stereocenters. The topological polar surface area (TPSA) is 0 Å². The summed E-state index contributed by atoms with van der Waals surface area (Å²) < 4.78 is 0. The number of hydrogen-bond acceptors (Lipinski definition) is 0. The molecule has 1 atom stereocenters. The SMILES string of the molecule is CC1(C)c2ccccc2-c2cc(CC(Cc3ccc4c(c3)C3(c5ccccc5-c5ccccc53)c3ccccc3-4)c3ccc4c(c3)C(C)(C)c3ccccc3-4)ccc21. The number of benzene rings is 8. The first-order valence-corrected chi connectivity index (χ1v) is 21.2. The van der Waals surface area contributed by atoms with Gasteiger partial charge < -0.3 is 0 Å². The van der Waals surface area contributed by atoms with E-state index in [9.17, 15) is 0 Å². The van der Waals surface area contributed by atoms with E-state index in [4.69, 9.17) is 0 Å². The molecule has 0 aliphatic heterocycles. The lowest BCUT2D eigenvalue weighted by molar-refractivity contribution is 0.646. The van der Waals surface area contributed by atoms with E-state index in [1.165, 1.54) is 106 Å². The van der Waals surface area contributed by atoms with Crippen LogP contribution in [0.15, 0.2) is 176 Å². The molecule has 0 saturated heterocycles. The Morgan fingerprint density at radius 1 is 0.310 bits per heavy atom. The largest absolute Gasteiger partial charge is 0.0725 e. The molecule has 0 N–H and O–H groups in total. The second-order valence-corrected chi connectivity index (χ2v) is 18.4. The highest BCUT2D eigenvalue weighted by atomic mass is 14.5. The summed E-state index contributed by atoms with van der Waals surface area (Å²) in [5, 5.41) is 0. The molecule has 4 aliphatic rings. The van der Waals surface area contributed by atoms with E-state index >= 15 is 0 Å². The summed E-state index contributed by atoms with van der Waals surface area (Å²) in [6.07, 6.45) is 1.92. The molecule has 0 aromatic heterocycles. The third-order valence-electron chi connectivity index (χ3n) is 14.8. The molecular formula is C58H46. The van der Waals surface area contributed by atoms with Crippen molar-refractivity contribution in [2.24, 2.45) is 0 Å². The minimum atomic E-state index is -0.339. The van der Waals surface area contributed by atoms with Crippen LogP contribution in [0.5, 0.6) is 0 Å². The molecule has 4 aliphatic carbocycles. The van der Waals surface area contributed by atoms with Crippen LogP contribution in [0.4, 0.5) is 0 Å².